The molecule has 1 unspecified atom stereocenters. The number of aromatic carboxylic acids is 1. The molecule has 0 bridgehead atoms. The van der Waals surface area contributed by atoms with Gasteiger partial charge in [-0.15, -0.1) is 0 Å². The van der Waals surface area contributed by atoms with Crippen LogP contribution < -0.4 is 10.1 Å². The lowest BCUT2D eigenvalue weighted by molar-refractivity contribution is -0.124. The number of carboxylic acid groups (broad SMARTS) is 1. The Labute approximate surface area is 98.4 Å². The van der Waals surface area contributed by atoms with E-state index in [1.807, 2.05) is 0 Å². The summed E-state index contributed by atoms with van der Waals surface area (Å²) >= 11 is 0. The number of ether oxygens (including phenoxy) is 1. The molecule has 1 heterocycles. The second-order valence-corrected chi connectivity index (χ2v) is 3.92. The van der Waals surface area contributed by atoms with Crippen molar-refractivity contribution in [2.45, 2.75) is 19.4 Å². The highest BCUT2D eigenvalue weighted by molar-refractivity contribution is 5.90. The maximum atomic E-state index is 11.4. The van der Waals surface area contributed by atoms with E-state index in [9.17, 15) is 9.59 Å². The number of rotatable bonds is 3. The summed E-state index contributed by atoms with van der Waals surface area (Å²) < 4.78 is 5.53. The minimum absolute atomic E-state index is 0.148. The molecule has 0 saturated carbocycles. The summed E-state index contributed by atoms with van der Waals surface area (Å²) in [5.74, 6) is -0.694. The van der Waals surface area contributed by atoms with E-state index in [1.165, 1.54) is 6.07 Å². The van der Waals surface area contributed by atoms with Crippen LogP contribution in [0.3, 0.4) is 0 Å². The summed E-state index contributed by atoms with van der Waals surface area (Å²) in [6.07, 6.45) is 0.0907. The summed E-state index contributed by atoms with van der Waals surface area (Å²) in [6.45, 7) is 2.27. The topological polar surface area (TPSA) is 75.6 Å². The fourth-order valence-electron chi connectivity index (χ4n) is 1.81. The molecule has 90 valence electrons. The van der Waals surface area contributed by atoms with Gasteiger partial charge < -0.3 is 15.2 Å². The van der Waals surface area contributed by atoms with Gasteiger partial charge in [0, 0.05) is 18.5 Å². The van der Waals surface area contributed by atoms with Crippen molar-refractivity contribution in [2.75, 3.05) is 6.54 Å². The lowest BCUT2D eigenvalue weighted by Crippen LogP contribution is -2.28. The molecule has 0 aliphatic carbocycles. The van der Waals surface area contributed by atoms with E-state index >= 15 is 0 Å². The first-order chi connectivity index (χ1) is 8.09. The predicted molar refractivity (Wildman–Crippen MR) is 60.2 cm³/mol. The van der Waals surface area contributed by atoms with Crippen molar-refractivity contribution in [1.82, 2.24) is 5.32 Å². The number of carboxylic acids is 1. The number of nitrogens with one attached hydrogen (secondary N) is 1. The molecule has 0 aromatic heterocycles. The van der Waals surface area contributed by atoms with Gasteiger partial charge in [0.2, 0.25) is 0 Å². The fraction of sp³-hybridized carbons (Fsp3) is 0.333. The first-order valence-corrected chi connectivity index (χ1v) is 5.37. The molecule has 1 aliphatic rings. The van der Waals surface area contributed by atoms with Crippen molar-refractivity contribution >= 4 is 11.9 Å². The van der Waals surface area contributed by atoms with Crippen molar-refractivity contribution in [3.8, 4) is 5.75 Å². The van der Waals surface area contributed by atoms with E-state index < -0.39 is 12.1 Å². The standard InChI is InChI=1S/C12H13NO4/c1-7-8(12(15)16)3-2-4-9(7)17-10-5-6-13-11(10)14/h2-4,10H,5-6H2,1H3,(H,13,14)(H,15,16). The van der Waals surface area contributed by atoms with E-state index in [0.717, 1.165) is 0 Å². The monoisotopic (exact) mass is 235 g/mol. The second-order valence-electron chi connectivity index (χ2n) is 3.92. The third-order valence-corrected chi connectivity index (χ3v) is 2.78. The van der Waals surface area contributed by atoms with Gasteiger partial charge in [-0.3, -0.25) is 4.79 Å². The summed E-state index contributed by atoms with van der Waals surface area (Å²) in [7, 11) is 0. The van der Waals surface area contributed by atoms with Gasteiger partial charge in [0.15, 0.2) is 6.10 Å². The largest absolute Gasteiger partial charge is 0.480 e. The normalized spacial score (nSPS) is 18.9. The lowest BCUT2D eigenvalue weighted by Gasteiger charge is -2.14. The molecule has 1 aromatic carbocycles. The van der Waals surface area contributed by atoms with Crippen molar-refractivity contribution in [2.24, 2.45) is 0 Å². The van der Waals surface area contributed by atoms with Crippen LogP contribution in [0, 0.1) is 6.92 Å². The zero-order chi connectivity index (χ0) is 12.4. The first-order valence-electron chi connectivity index (χ1n) is 5.37. The van der Waals surface area contributed by atoms with Gasteiger partial charge >= 0.3 is 5.97 Å². The van der Waals surface area contributed by atoms with Crippen LogP contribution in [-0.2, 0) is 4.79 Å². The molecule has 0 spiro atoms. The van der Waals surface area contributed by atoms with Crippen LogP contribution in [0.5, 0.6) is 5.75 Å². The Morgan fingerprint density at radius 2 is 2.29 bits per heavy atom. The molecule has 5 heteroatoms. The Kier molecular flexibility index (Phi) is 2.99. The molecular weight excluding hydrogens is 222 g/mol. The Hall–Kier alpha value is -2.04. The highest BCUT2D eigenvalue weighted by Gasteiger charge is 2.26. The number of hydrogen-bond donors (Lipinski definition) is 2. The van der Waals surface area contributed by atoms with Gasteiger partial charge in [-0.2, -0.15) is 0 Å². The molecule has 0 radical (unpaired) electrons. The van der Waals surface area contributed by atoms with Gasteiger partial charge in [0.1, 0.15) is 5.75 Å². The van der Waals surface area contributed by atoms with E-state index in [-0.39, 0.29) is 11.5 Å². The Bertz CT molecular complexity index is 470. The van der Waals surface area contributed by atoms with E-state index in [1.54, 1.807) is 19.1 Å². The maximum Gasteiger partial charge on any atom is 0.336 e. The Morgan fingerprint density at radius 3 is 2.88 bits per heavy atom. The zero-order valence-corrected chi connectivity index (χ0v) is 9.40. The van der Waals surface area contributed by atoms with Crippen molar-refractivity contribution in [1.29, 1.82) is 0 Å². The quantitative estimate of drug-likeness (QED) is 0.818. The summed E-state index contributed by atoms with van der Waals surface area (Å²) in [5, 5.41) is 11.6. The van der Waals surface area contributed by atoms with Crippen LogP contribution in [0.1, 0.15) is 22.3 Å². The average Bonchev–Trinajstić information content (AvgIpc) is 2.67. The number of carbonyl (C=O) groups is 2. The SMILES string of the molecule is Cc1c(OC2CCNC2=O)cccc1C(=O)O. The van der Waals surface area contributed by atoms with Crippen LogP contribution in [0.25, 0.3) is 0 Å². The maximum absolute atomic E-state index is 11.4. The Balaban J connectivity index is 2.24. The van der Waals surface area contributed by atoms with Crippen LogP contribution in [0.2, 0.25) is 0 Å². The zero-order valence-electron chi connectivity index (χ0n) is 9.40. The third-order valence-electron chi connectivity index (χ3n) is 2.78. The minimum Gasteiger partial charge on any atom is -0.480 e. The first kappa shape index (κ1) is 11.4. The number of carbonyl (C=O) groups excluding carboxylic acids is 1. The average molecular weight is 235 g/mol. The molecule has 1 saturated heterocycles. The van der Waals surface area contributed by atoms with Gasteiger partial charge in [-0.1, -0.05) is 6.07 Å². The molecule has 2 rings (SSSR count). The predicted octanol–water partition coefficient (Wildman–Crippen LogP) is 0.961. The number of amides is 1. The van der Waals surface area contributed by atoms with Gasteiger partial charge in [0.25, 0.3) is 5.91 Å². The fourth-order valence-corrected chi connectivity index (χ4v) is 1.81. The lowest BCUT2D eigenvalue weighted by atomic mass is 10.1. The number of hydrogen-bond acceptors (Lipinski definition) is 3. The van der Waals surface area contributed by atoms with Gasteiger partial charge in [0.05, 0.1) is 5.56 Å². The molecule has 2 N–H and O–H groups in total. The third kappa shape index (κ3) is 2.22. The van der Waals surface area contributed by atoms with E-state index in [2.05, 4.69) is 5.32 Å². The summed E-state index contributed by atoms with van der Waals surface area (Å²) in [5.41, 5.74) is 0.737. The molecule has 1 amide bonds. The highest BCUT2D eigenvalue weighted by Crippen LogP contribution is 2.23. The van der Waals surface area contributed by atoms with Gasteiger partial charge in [-0.05, 0) is 19.1 Å². The van der Waals surface area contributed by atoms with E-state index in [0.29, 0.717) is 24.3 Å². The smallest absolute Gasteiger partial charge is 0.336 e. The number of benzene rings is 1. The van der Waals surface area contributed by atoms with E-state index in [4.69, 9.17) is 9.84 Å². The molecular formula is C12H13NO4. The molecule has 17 heavy (non-hydrogen) atoms. The van der Waals surface area contributed by atoms with Crippen molar-refractivity contribution < 1.29 is 19.4 Å². The van der Waals surface area contributed by atoms with Crippen molar-refractivity contribution in [3.05, 3.63) is 29.3 Å². The summed E-state index contributed by atoms with van der Waals surface area (Å²) in [4.78, 5) is 22.3. The summed E-state index contributed by atoms with van der Waals surface area (Å²) in [6, 6.07) is 4.80. The molecule has 5 nitrogen and oxygen atoms in total. The molecule has 1 fully saturated rings. The van der Waals surface area contributed by atoms with Crippen molar-refractivity contribution in [3.63, 3.8) is 0 Å². The highest BCUT2D eigenvalue weighted by atomic mass is 16.5. The second kappa shape index (κ2) is 4.45. The molecule has 1 atom stereocenters. The molecule has 1 aromatic rings. The van der Waals surface area contributed by atoms with Crippen LogP contribution in [0.15, 0.2) is 18.2 Å². The van der Waals surface area contributed by atoms with Crippen LogP contribution >= 0.6 is 0 Å². The van der Waals surface area contributed by atoms with Crippen LogP contribution in [0.4, 0.5) is 0 Å². The minimum atomic E-state index is -0.996. The van der Waals surface area contributed by atoms with Gasteiger partial charge in [-0.25, -0.2) is 4.79 Å². The van der Waals surface area contributed by atoms with Crippen LogP contribution in [-0.4, -0.2) is 29.6 Å². The molecule has 1 aliphatic heterocycles. The Morgan fingerprint density at radius 1 is 1.53 bits per heavy atom.